The second-order valence-corrected chi connectivity index (χ2v) is 3.62. The summed E-state index contributed by atoms with van der Waals surface area (Å²) >= 11 is 11.1. The minimum absolute atomic E-state index is 0.279. The summed E-state index contributed by atoms with van der Waals surface area (Å²) < 4.78 is 41.3. The maximum atomic E-state index is 12.3. The highest BCUT2D eigenvalue weighted by Gasteiger charge is 2.32. The van der Waals surface area contributed by atoms with Crippen LogP contribution in [-0.2, 0) is 10.9 Å². The van der Waals surface area contributed by atoms with Crippen LogP contribution in [0, 0.1) is 0 Å². The summed E-state index contributed by atoms with van der Waals surface area (Å²) in [5.74, 6) is -0.885. The van der Waals surface area contributed by atoms with Gasteiger partial charge in [-0.1, -0.05) is 23.2 Å². The van der Waals surface area contributed by atoms with Crippen LogP contribution >= 0.6 is 23.2 Å². The Kier molecular flexibility index (Phi) is 3.70. The molecule has 1 aromatic carbocycles. The van der Waals surface area contributed by atoms with Crippen LogP contribution in [0.15, 0.2) is 12.1 Å². The number of hydrogen-bond donors (Lipinski definition) is 0. The van der Waals surface area contributed by atoms with E-state index < -0.39 is 27.8 Å². The summed E-state index contributed by atoms with van der Waals surface area (Å²) in [5.41, 5.74) is -1.30. The molecule has 0 aliphatic heterocycles. The third-order valence-electron chi connectivity index (χ3n) is 1.76. The molecule has 0 bridgehead atoms. The Bertz CT molecular complexity index is 406. The Morgan fingerprint density at radius 3 is 2.00 bits per heavy atom. The van der Waals surface area contributed by atoms with Gasteiger partial charge < -0.3 is 4.74 Å². The van der Waals surface area contributed by atoms with Crippen LogP contribution in [-0.4, -0.2) is 13.1 Å². The van der Waals surface area contributed by atoms with E-state index in [1.54, 1.807) is 0 Å². The van der Waals surface area contributed by atoms with Crippen molar-refractivity contribution in [3.05, 3.63) is 33.3 Å². The first-order chi connectivity index (χ1) is 7.27. The average molecular weight is 273 g/mol. The molecule has 0 N–H and O–H groups in total. The number of carbonyl (C=O) groups is 1. The summed E-state index contributed by atoms with van der Waals surface area (Å²) in [6.07, 6.45) is -4.57. The van der Waals surface area contributed by atoms with Gasteiger partial charge in [-0.05, 0) is 12.1 Å². The molecule has 0 fully saturated rings. The SMILES string of the molecule is COC(=O)c1c(Cl)cc(C(F)(F)F)cc1Cl. The largest absolute Gasteiger partial charge is 0.465 e. The summed E-state index contributed by atoms with van der Waals surface area (Å²) in [7, 11) is 1.08. The molecule has 0 spiro atoms. The molecule has 0 heterocycles. The standard InChI is InChI=1S/C9H5Cl2F3O2/c1-16-8(15)7-5(10)2-4(3-6(7)11)9(12,13)14/h2-3H,1H3. The lowest BCUT2D eigenvalue weighted by Crippen LogP contribution is -2.08. The van der Waals surface area contributed by atoms with Crippen LogP contribution in [0.25, 0.3) is 0 Å². The van der Waals surface area contributed by atoms with Gasteiger partial charge >= 0.3 is 12.1 Å². The number of halogens is 5. The molecule has 0 atom stereocenters. The van der Waals surface area contributed by atoms with Crippen LogP contribution in [0.2, 0.25) is 10.0 Å². The zero-order chi connectivity index (χ0) is 12.5. The van der Waals surface area contributed by atoms with E-state index in [9.17, 15) is 18.0 Å². The number of rotatable bonds is 1. The van der Waals surface area contributed by atoms with E-state index in [1.165, 1.54) is 0 Å². The van der Waals surface area contributed by atoms with Gasteiger partial charge in [0.05, 0.1) is 28.3 Å². The van der Waals surface area contributed by atoms with Crippen LogP contribution < -0.4 is 0 Å². The Morgan fingerprint density at radius 1 is 1.25 bits per heavy atom. The maximum Gasteiger partial charge on any atom is 0.416 e. The predicted octanol–water partition coefficient (Wildman–Crippen LogP) is 3.80. The minimum atomic E-state index is -4.57. The van der Waals surface area contributed by atoms with E-state index in [4.69, 9.17) is 23.2 Å². The number of esters is 1. The van der Waals surface area contributed by atoms with E-state index in [-0.39, 0.29) is 5.56 Å². The second-order valence-electron chi connectivity index (χ2n) is 2.80. The molecule has 1 rings (SSSR count). The topological polar surface area (TPSA) is 26.3 Å². The Labute approximate surface area is 98.9 Å². The van der Waals surface area contributed by atoms with Gasteiger partial charge in [-0.25, -0.2) is 4.79 Å². The number of benzene rings is 1. The summed E-state index contributed by atoms with van der Waals surface area (Å²) in [6, 6.07) is 1.25. The average Bonchev–Trinajstić information content (AvgIpc) is 2.14. The van der Waals surface area contributed by atoms with Crippen molar-refractivity contribution >= 4 is 29.2 Å². The smallest absolute Gasteiger partial charge is 0.416 e. The van der Waals surface area contributed by atoms with Gasteiger partial charge in [0.2, 0.25) is 0 Å². The number of ether oxygens (including phenoxy) is 1. The fourth-order valence-corrected chi connectivity index (χ4v) is 1.68. The molecule has 88 valence electrons. The van der Waals surface area contributed by atoms with Crippen molar-refractivity contribution in [2.24, 2.45) is 0 Å². The van der Waals surface area contributed by atoms with Gasteiger partial charge in [-0.2, -0.15) is 13.2 Å². The van der Waals surface area contributed by atoms with Crippen LogP contribution in [0.1, 0.15) is 15.9 Å². The highest BCUT2D eigenvalue weighted by molar-refractivity contribution is 6.39. The molecule has 0 saturated heterocycles. The molecule has 16 heavy (non-hydrogen) atoms. The van der Waals surface area contributed by atoms with E-state index >= 15 is 0 Å². The number of hydrogen-bond acceptors (Lipinski definition) is 2. The Hall–Kier alpha value is -0.940. The van der Waals surface area contributed by atoms with Crippen molar-refractivity contribution in [3.63, 3.8) is 0 Å². The van der Waals surface area contributed by atoms with Gasteiger partial charge in [-0.3, -0.25) is 0 Å². The van der Waals surface area contributed by atoms with Crippen LogP contribution in [0.5, 0.6) is 0 Å². The third-order valence-corrected chi connectivity index (χ3v) is 2.36. The number of carbonyl (C=O) groups excluding carboxylic acids is 1. The molecule has 1 aromatic rings. The summed E-state index contributed by atoms with van der Waals surface area (Å²) in [5, 5.41) is -0.793. The third kappa shape index (κ3) is 2.59. The number of methoxy groups -OCH3 is 1. The Morgan fingerprint density at radius 2 is 1.69 bits per heavy atom. The predicted molar refractivity (Wildman–Crippen MR) is 52.8 cm³/mol. The highest BCUT2D eigenvalue weighted by atomic mass is 35.5. The van der Waals surface area contributed by atoms with Gasteiger partial charge in [0.25, 0.3) is 0 Å². The molecular formula is C9H5Cl2F3O2. The van der Waals surface area contributed by atoms with Crippen molar-refractivity contribution in [1.82, 2.24) is 0 Å². The highest BCUT2D eigenvalue weighted by Crippen LogP contribution is 2.35. The van der Waals surface area contributed by atoms with Crippen molar-refractivity contribution < 1.29 is 22.7 Å². The molecule has 0 radical (unpaired) electrons. The molecule has 0 aliphatic rings. The second kappa shape index (κ2) is 4.51. The maximum absolute atomic E-state index is 12.3. The van der Waals surface area contributed by atoms with Crippen LogP contribution in [0.3, 0.4) is 0 Å². The number of alkyl halides is 3. The van der Waals surface area contributed by atoms with Crippen molar-refractivity contribution in [2.75, 3.05) is 7.11 Å². The quantitative estimate of drug-likeness (QED) is 0.727. The van der Waals surface area contributed by atoms with E-state index in [0.717, 1.165) is 7.11 Å². The summed E-state index contributed by atoms with van der Waals surface area (Å²) in [4.78, 5) is 11.1. The van der Waals surface area contributed by atoms with Crippen molar-refractivity contribution in [2.45, 2.75) is 6.18 Å². The zero-order valence-corrected chi connectivity index (χ0v) is 9.37. The molecule has 2 nitrogen and oxygen atoms in total. The van der Waals surface area contributed by atoms with E-state index in [1.807, 2.05) is 0 Å². The molecule has 0 aromatic heterocycles. The zero-order valence-electron chi connectivity index (χ0n) is 7.86. The lowest BCUT2D eigenvalue weighted by Gasteiger charge is -2.10. The van der Waals surface area contributed by atoms with Crippen LogP contribution in [0.4, 0.5) is 13.2 Å². The van der Waals surface area contributed by atoms with Crippen molar-refractivity contribution in [3.8, 4) is 0 Å². The van der Waals surface area contributed by atoms with Gasteiger partial charge in [-0.15, -0.1) is 0 Å². The van der Waals surface area contributed by atoms with Gasteiger partial charge in [0, 0.05) is 0 Å². The normalized spacial score (nSPS) is 11.4. The van der Waals surface area contributed by atoms with E-state index in [0.29, 0.717) is 12.1 Å². The molecule has 0 amide bonds. The van der Waals surface area contributed by atoms with E-state index in [2.05, 4.69) is 4.74 Å². The molecule has 0 saturated carbocycles. The molecule has 7 heteroatoms. The van der Waals surface area contributed by atoms with Gasteiger partial charge in [0.15, 0.2) is 0 Å². The fraction of sp³-hybridized carbons (Fsp3) is 0.222. The molecule has 0 unspecified atom stereocenters. The first kappa shape index (κ1) is 13.1. The first-order valence-electron chi connectivity index (χ1n) is 3.92. The Balaban J connectivity index is 3.34. The fourth-order valence-electron chi connectivity index (χ4n) is 1.03. The monoisotopic (exact) mass is 272 g/mol. The lowest BCUT2D eigenvalue weighted by atomic mass is 10.1. The molecule has 0 aliphatic carbocycles. The molecular weight excluding hydrogens is 268 g/mol. The lowest BCUT2D eigenvalue weighted by molar-refractivity contribution is -0.137. The summed E-state index contributed by atoms with van der Waals surface area (Å²) in [6.45, 7) is 0. The first-order valence-corrected chi connectivity index (χ1v) is 4.67. The van der Waals surface area contributed by atoms with Gasteiger partial charge in [0.1, 0.15) is 0 Å². The minimum Gasteiger partial charge on any atom is -0.465 e. The van der Waals surface area contributed by atoms with Crippen molar-refractivity contribution in [1.29, 1.82) is 0 Å².